The van der Waals surface area contributed by atoms with Crippen molar-refractivity contribution in [1.82, 2.24) is 4.98 Å². The molecule has 0 aliphatic rings. The van der Waals surface area contributed by atoms with Gasteiger partial charge < -0.3 is 4.74 Å². The monoisotopic (exact) mass is 277 g/mol. The van der Waals surface area contributed by atoms with Crippen molar-refractivity contribution in [2.75, 3.05) is 0 Å². The van der Waals surface area contributed by atoms with Crippen LogP contribution in [0.5, 0.6) is 5.88 Å². The largest absolute Gasteiger partial charge is 0.475 e. The van der Waals surface area contributed by atoms with Crippen LogP contribution in [-0.4, -0.2) is 11.1 Å². The molecule has 12 heavy (non-hydrogen) atoms. The van der Waals surface area contributed by atoms with Gasteiger partial charge >= 0.3 is 0 Å². The van der Waals surface area contributed by atoms with Gasteiger partial charge in [0.05, 0.1) is 6.10 Å². The van der Waals surface area contributed by atoms with E-state index in [9.17, 15) is 0 Å². The number of hydrogen-bond donors (Lipinski definition) is 0. The first-order chi connectivity index (χ1) is 5.58. The van der Waals surface area contributed by atoms with Gasteiger partial charge in [0.15, 0.2) is 0 Å². The topological polar surface area (TPSA) is 22.1 Å². The predicted octanol–water partition coefficient (Wildman–Crippen LogP) is 2.78. The van der Waals surface area contributed by atoms with E-state index in [4.69, 9.17) is 4.74 Å². The lowest BCUT2D eigenvalue weighted by Crippen LogP contribution is -2.07. The van der Waals surface area contributed by atoms with Crippen molar-refractivity contribution < 1.29 is 4.74 Å². The normalized spacial score (nSPS) is 10.4. The summed E-state index contributed by atoms with van der Waals surface area (Å²) in [5.41, 5.74) is 0.998. The molecule has 2 nitrogen and oxygen atoms in total. The van der Waals surface area contributed by atoms with Crippen LogP contribution < -0.4 is 4.74 Å². The molecule has 0 aliphatic heterocycles. The van der Waals surface area contributed by atoms with Crippen molar-refractivity contribution in [3.8, 4) is 5.88 Å². The minimum Gasteiger partial charge on any atom is -0.475 e. The lowest BCUT2D eigenvalue weighted by Gasteiger charge is -2.09. The number of pyridine rings is 1. The van der Waals surface area contributed by atoms with E-state index in [1.807, 2.05) is 32.9 Å². The third kappa shape index (κ3) is 2.97. The first kappa shape index (κ1) is 9.77. The standard InChI is InChI=1S/C9H12INO/c1-6(2)12-9-5-8(10)4-7(3)11-9/h4-6H,1-3H3. The Morgan fingerprint density at radius 3 is 2.58 bits per heavy atom. The van der Waals surface area contributed by atoms with Gasteiger partial charge in [0, 0.05) is 15.3 Å². The Labute approximate surface area is 86.5 Å². The highest BCUT2D eigenvalue weighted by Gasteiger charge is 2.00. The molecule has 0 saturated carbocycles. The van der Waals surface area contributed by atoms with Gasteiger partial charge in [0.1, 0.15) is 0 Å². The molecule has 1 heterocycles. The highest BCUT2D eigenvalue weighted by Crippen LogP contribution is 2.14. The molecule has 3 heteroatoms. The van der Waals surface area contributed by atoms with Crippen LogP contribution in [0.1, 0.15) is 19.5 Å². The molecular formula is C9H12INO. The Morgan fingerprint density at radius 2 is 2.08 bits per heavy atom. The molecule has 0 unspecified atom stereocenters. The average molecular weight is 277 g/mol. The molecule has 0 atom stereocenters. The number of rotatable bonds is 2. The lowest BCUT2D eigenvalue weighted by atomic mass is 10.4. The number of aryl methyl sites for hydroxylation is 1. The van der Waals surface area contributed by atoms with Crippen LogP contribution >= 0.6 is 22.6 Å². The fourth-order valence-electron chi connectivity index (χ4n) is 0.899. The third-order valence-corrected chi connectivity index (χ3v) is 1.87. The SMILES string of the molecule is Cc1cc(I)cc(OC(C)C)n1. The third-order valence-electron chi connectivity index (χ3n) is 1.25. The fourth-order valence-corrected chi connectivity index (χ4v) is 1.62. The van der Waals surface area contributed by atoms with E-state index < -0.39 is 0 Å². The molecule has 0 radical (unpaired) electrons. The second-order valence-electron chi connectivity index (χ2n) is 2.93. The maximum atomic E-state index is 5.46. The summed E-state index contributed by atoms with van der Waals surface area (Å²) >= 11 is 2.26. The van der Waals surface area contributed by atoms with Gasteiger partial charge in [0.25, 0.3) is 0 Å². The molecular weight excluding hydrogens is 265 g/mol. The number of nitrogens with zero attached hydrogens (tertiary/aromatic N) is 1. The van der Waals surface area contributed by atoms with E-state index >= 15 is 0 Å². The van der Waals surface area contributed by atoms with Crippen molar-refractivity contribution in [2.24, 2.45) is 0 Å². The minimum absolute atomic E-state index is 0.190. The van der Waals surface area contributed by atoms with E-state index in [0.717, 1.165) is 15.1 Å². The Bertz CT molecular complexity index is 253. The van der Waals surface area contributed by atoms with Gasteiger partial charge in [-0.15, -0.1) is 0 Å². The molecule has 0 bridgehead atoms. The maximum absolute atomic E-state index is 5.46. The van der Waals surface area contributed by atoms with Crippen LogP contribution in [0.2, 0.25) is 0 Å². The highest BCUT2D eigenvalue weighted by molar-refractivity contribution is 14.1. The molecule has 1 aromatic rings. The van der Waals surface area contributed by atoms with Crippen molar-refractivity contribution in [2.45, 2.75) is 26.9 Å². The Hall–Kier alpha value is -0.320. The summed E-state index contributed by atoms with van der Waals surface area (Å²) in [4.78, 5) is 4.25. The Kier molecular flexibility index (Phi) is 3.31. The summed E-state index contributed by atoms with van der Waals surface area (Å²) in [6.45, 7) is 5.96. The van der Waals surface area contributed by atoms with Crippen molar-refractivity contribution >= 4 is 22.6 Å². The molecule has 0 fully saturated rings. The van der Waals surface area contributed by atoms with Crippen molar-refractivity contribution in [3.63, 3.8) is 0 Å². The van der Waals surface area contributed by atoms with Crippen molar-refractivity contribution in [1.29, 1.82) is 0 Å². The Balaban J connectivity index is 2.85. The quantitative estimate of drug-likeness (QED) is 0.775. The highest BCUT2D eigenvalue weighted by atomic mass is 127. The van der Waals surface area contributed by atoms with Gasteiger partial charge in [-0.05, 0) is 49.4 Å². The van der Waals surface area contributed by atoms with E-state index in [-0.39, 0.29) is 6.10 Å². The van der Waals surface area contributed by atoms with Crippen LogP contribution in [0.4, 0.5) is 0 Å². The molecule has 0 N–H and O–H groups in total. The van der Waals surface area contributed by atoms with Gasteiger partial charge in [0.2, 0.25) is 5.88 Å². The predicted molar refractivity (Wildman–Crippen MR) is 57.5 cm³/mol. The molecule has 0 saturated heterocycles. The molecule has 66 valence electrons. The van der Waals surface area contributed by atoms with Gasteiger partial charge in [-0.2, -0.15) is 0 Å². The maximum Gasteiger partial charge on any atom is 0.214 e. The first-order valence-electron chi connectivity index (χ1n) is 3.89. The van der Waals surface area contributed by atoms with E-state index in [2.05, 4.69) is 27.6 Å². The number of halogens is 1. The van der Waals surface area contributed by atoms with Gasteiger partial charge in [-0.1, -0.05) is 0 Å². The smallest absolute Gasteiger partial charge is 0.214 e. The summed E-state index contributed by atoms with van der Waals surface area (Å²) in [5.74, 6) is 0.717. The van der Waals surface area contributed by atoms with Crippen molar-refractivity contribution in [3.05, 3.63) is 21.4 Å². The number of ether oxygens (including phenoxy) is 1. The molecule has 1 aromatic heterocycles. The van der Waals surface area contributed by atoms with Crippen LogP contribution in [0, 0.1) is 10.5 Å². The molecule has 0 spiro atoms. The average Bonchev–Trinajstić information content (AvgIpc) is 1.81. The second kappa shape index (κ2) is 4.07. The fraction of sp³-hybridized carbons (Fsp3) is 0.444. The van der Waals surface area contributed by atoms with Crippen LogP contribution in [0.25, 0.3) is 0 Å². The zero-order valence-electron chi connectivity index (χ0n) is 7.47. The first-order valence-corrected chi connectivity index (χ1v) is 4.96. The van der Waals surface area contributed by atoms with E-state index in [1.165, 1.54) is 0 Å². The lowest BCUT2D eigenvalue weighted by molar-refractivity contribution is 0.232. The summed E-state index contributed by atoms with van der Waals surface area (Å²) in [6.07, 6.45) is 0.190. The summed E-state index contributed by atoms with van der Waals surface area (Å²) in [7, 11) is 0. The molecule has 0 aromatic carbocycles. The number of aromatic nitrogens is 1. The van der Waals surface area contributed by atoms with Crippen LogP contribution in [-0.2, 0) is 0 Å². The Morgan fingerprint density at radius 1 is 1.42 bits per heavy atom. The van der Waals surface area contributed by atoms with Crippen LogP contribution in [0.15, 0.2) is 12.1 Å². The summed E-state index contributed by atoms with van der Waals surface area (Å²) in [6, 6.07) is 3.96. The minimum atomic E-state index is 0.190. The molecule has 0 aliphatic carbocycles. The van der Waals surface area contributed by atoms with E-state index in [1.54, 1.807) is 0 Å². The summed E-state index contributed by atoms with van der Waals surface area (Å²) in [5, 5.41) is 0. The summed E-state index contributed by atoms with van der Waals surface area (Å²) < 4.78 is 6.62. The van der Waals surface area contributed by atoms with Gasteiger partial charge in [-0.25, -0.2) is 4.98 Å². The van der Waals surface area contributed by atoms with Gasteiger partial charge in [-0.3, -0.25) is 0 Å². The molecule has 1 rings (SSSR count). The molecule has 0 amide bonds. The zero-order chi connectivity index (χ0) is 9.14. The van der Waals surface area contributed by atoms with E-state index in [0.29, 0.717) is 0 Å². The number of hydrogen-bond acceptors (Lipinski definition) is 2. The second-order valence-corrected chi connectivity index (χ2v) is 4.18. The van der Waals surface area contributed by atoms with Crippen LogP contribution in [0.3, 0.4) is 0 Å². The zero-order valence-corrected chi connectivity index (χ0v) is 9.62.